The maximum absolute atomic E-state index is 11.5. The van der Waals surface area contributed by atoms with Gasteiger partial charge in [-0.1, -0.05) is 13.8 Å². The number of carbonyl (C=O) groups excluding carboxylic acids is 1. The lowest BCUT2D eigenvalue weighted by molar-refractivity contribution is -0.125. The van der Waals surface area contributed by atoms with Gasteiger partial charge in [0.25, 0.3) is 0 Å². The molecule has 5 nitrogen and oxygen atoms in total. The van der Waals surface area contributed by atoms with Gasteiger partial charge in [-0.05, 0) is 24.8 Å². The maximum atomic E-state index is 11.5. The van der Waals surface area contributed by atoms with Gasteiger partial charge in [0.05, 0.1) is 11.7 Å². The zero-order chi connectivity index (χ0) is 13.1. The van der Waals surface area contributed by atoms with Crippen LogP contribution in [-0.4, -0.2) is 27.8 Å². The van der Waals surface area contributed by atoms with Crippen LogP contribution in [0, 0.1) is 5.92 Å². The first-order valence-electron chi connectivity index (χ1n) is 5.88. The molecule has 0 fully saturated rings. The third-order valence-corrected chi connectivity index (χ3v) is 3.33. The highest BCUT2D eigenvalue weighted by molar-refractivity contribution is 5.84. The number of amides is 1. The normalized spacial score (nSPS) is 14.9. The second kappa shape index (κ2) is 5.31. The quantitative estimate of drug-likeness (QED) is 0.756. The molecule has 0 aromatic carbocycles. The highest BCUT2D eigenvalue weighted by atomic mass is 16.1. The van der Waals surface area contributed by atoms with Gasteiger partial charge >= 0.3 is 0 Å². The van der Waals surface area contributed by atoms with Crippen molar-refractivity contribution in [3.63, 3.8) is 0 Å². The smallest absolute Gasteiger partial charge is 0.237 e. The molecule has 0 bridgehead atoms. The lowest BCUT2D eigenvalue weighted by atomic mass is 9.87. The fourth-order valence-corrected chi connectivity index (χ4v) is 1.64. The molecule has 1 atom stereocenters. The van der Waals surface area contributed by atoms with E-state index < -0.39 is 5.54 Å². The number of primary amides is 1. The molecule has 0 radical (unpaired) electrons. The molecule has 0 aliphatic heterocycles. The van der Waals surface area contributed by atoms with Crippen LogP contribution < -0.4 is 11.1 Å². The van der Waals surface area contributed by atoms with E-state index in [-0.39, 0.29) is 11.8 Å². The lowest BCUT2D eigenvalue weighted by Crippen LogP contribution is -2.57. The van der Waals surface area contributed by atoms with Crippen LogP contribution in [0.2, 0.25) is 0 Å². The number of nitrogens with one attached hydrogen (secondary N) is 1. The third-order valence-electron chi connectivity index (χ3n) is 3.33. The minimum atomic E-state index is -0.651. The Morgan fingerprint density at radius 1 is 1.65 bits per heavy atom. The Morgan fingerprint density at radius 2 is 2.29 bits per heavy atom. The van der Waals surface area contributed by atoms with Crippen molar-refractivity contribution in [3.05, 3.63) is 18.0 Å². The molecule has 1 aromatic heterocycles. The summed E-state index contributed by atoms with van der Waals surface area (Å²) in [7, 11) is 1.89. The van der Waals surface area contributed by atoms with E-state index in [0.717, 1.165) is 12.0 Å². The van der Waals surface area contributed by atoms with Gasteiger partial charge in [0.2, 0.25) is 5.91 Å². The van der Waals surface area contributed by atoms with Crippen LogP contribution in [0.25, 0.3) is 0 Å². The predicted octanol–water partition coefficient (Wildman–Crippen LogP) is 0.452. The molecule has 1 unspecified atom stereocenters. The van der Waals surface area contributed by atoms with Crippen LogP contribution in [0.3, 0.4) is 0 Å². The first-order valence-corrected chi connectivity index (χ1v) is 5.88. The molecule has 17 heavy (non-hydrogen) atoms. The van der Waals surface area contributed by atoms with E-state index in [4.69, 9.17) is 5.73 Å². The van der Waals surface area contributed by atoms with Crippen molar-refractivity contribution in [2.24, 2.45) is 18.7 Å². The molecule has 1 heterocycles. The van der Waals surface area contributed by atoms with Gasteiger partial charge in [-0.15, -0.1) is 0 Å². The number of aromatic nitrogens is 2. The average Bonchev–Trinajstić information content (AvgIpc) is 2.63. The van der Waals surface area contributed by atoms with E-state index in [0.29, 0.717) is 6.54 Å². The van der Waals surface area contributed by atoms with Crippen molar-refractivity contribution >= 4 is 5.91 Å². The van der Waals surface area contributed by atoms with Crippen LogP contribution in [0.5, 0.6) is 0 Å². The summed E-state index contributed by atoms with van der Waals surface area (Å²) in [5.41, 5.74) is 5.94. The Morgan fingerprint density at radius 3 is 2.71 bits per heavy atom. The van der Waals surface area contributed by atoms with Gasteiger partial charge in [-0.3, -0.25) is 9.48 Å². The molecule has 3 N–H and O–H groups in total. The van der Waals surface area contributed by atoms with Crippen molar-refractivity contribution in [1.29, 1.82) is 0 Å². The van der Waals surface area contributed by atoms with E-state index in [9.17, 15) is 4.79 Å². The van der Waals surface area contributed by atoms with Gasteiger partial charge in [0, 0.05) is 19.8 Å². The van der Waals surface area contributed by atoms with E-state index in [1.165, 1.54) is 0 Å². The van der Waals surface area contributed by atoms with Crippen LogP contribution in [0.1, 0.15) is 26.3 Å². The molecule has 96 valence electrons. The summed E-state index contributed by atoms with van der Waals surface area (Å²) in [6, 6.07) is 0. The summed E-state index contributed by atoms with van der Waals surface area (Å²) in [6.45, 7) is 6.54. The first kappa shape index (κ1) is 13.7. The SMILES string of the molecule is CC(C)C(C)(NCCc1cnn(C)c1)C(N)=O. The zero-order valence-electron chi connectivity index (χ0n) is 11.0. The summed E-state index contributed by atoms with van der Waals surface area (Å²) < 4.78 is 1.77. The molecule has 0 aliphatic carbocycles. The van der Waals surface area contributed by atoms with Crippen LogP contribution in [-0.2, 0) is 18.3 Å². The zero-order valence-corrected chi connectivity index (χ0v) is 11.0. The number of carbonyl (C=O) groups is 1. The topological polar surface area (TPSA) is 72.9 Å². The number of nitrogens with zero attached hydrogens (tertiary/aromatic N) is 2. The van der Waals surface area contributed by atoms with Gasteiger partial charge in [0.1, 0.15) is 0 Å². The van der Waals surface area contributed by atoms with Crippen molar-refractivity contribution in [2.45, 2.75) is 32.7 Å². The number of aryl methyl sites for hydroxylation is 1. The second-order valence-electron chi connectivity index (χ2n) is 4.92. The molecule has 0 saturated heterocycles. The van der Waals surface area contributed by atoms with E-state index >= 15 is 0 Å². The highest BCUT2D eigenvalue weighted by Crippen LogP contribution is 2.15. The van der Waals surface area contributed by atoms with Crippen LogP contribution in [0.15, 0.2) is 12.4 Å². The number of rotatable bonds is 6. The molecule has 1 rings (SSSR count). The number of hydrogen-bond donors (Lipinski definition) is 2. The Bertz CT molecular complexity index is 386. The van der Waals surface area contributed by atoms with Gasteiger partial charge < -0.3 is 11.1 Å². The molecule has 0 saturated carbocycles. The molecular weight excluding hydrogens is 216 g/mol. The Kier molecular flexibility index (Phi) is 4.28. The van der Waals surface area contributed by atoms with Crippen molar-refractivity contribution in [1.82, 2.24) is 15.1 Å². The molecule has 1 aromatic rings. The minimum Gasteiger partial charge on any atom is -0.368 e. The van der Waals surface area contributed by atoms with Gasteiger partial charge in [0.15, 0.2) is 0 Å². The van der Waals surface area contributed by atoms with E-state index in [1.54, 1.807) is 4.68 Å². The maximum Gasteiger partial charge on any atom is 0.237 e. The second-order valence-corrected chi connectivity index (χ2v) is 4.92. The van der Waals surface area contributed by atoms with Crippen molar-refractivity contribution in [3.8, 4) is 0 Å². The fraction of sp³-hybridized carbons (Fsp3) is 0.667. The van der Waals surface area contributed by atoms with Gasteiger partial charge in [-0.2, -0.15) is 5.10 Å². The predicted molar refractivity (Wildman–Crippen MR) is 67.4 cm³/mol. The molecule has 5 heteroatoms. The largest absolute Gasteiger partial charge is 0.368 e. The molecule has 1 amide bonds. The Hall–Kier alpha value is -1.36. The van der Waals surface area contributed by atoms with Crippen molar-refractivity contribution < 1.29 is 4.79 Å². The van der Waals surface area contributed by atoms with Crippen LogP contribution >= 0.6 is 0 Å². The summed E-state index contributed by atoms with van der Waals surface area (Å²) in [5.74, 6) is -0.146. The summed E-state index contributed by atoms with van der Waals surface area (Å²) >= 11 is 0. The summed E-state index contributed by atoms with van der Waals surface area (Å²) in [5, 5.41) is 7.34. The van der Waals surface area contributed by atoms with Crippen LogP contribution in [0.4, 0.5) is 0 Å². The molecular formula is C12H22N4O. The van der Waals surface area contributed by atoms with E-state index in [2.05, 4.69) is 10.4 Å². The number of nitrogens with two attached hydrogens (primary N) is 1. The standard InChI is InChI=1S/C12H22N4O/c1-9(2)12(3,11(13)17)14-6-5-10-7-15-16(4)8-10/h7-9,14H,5-6H2,1-4H3,(H2,13,17). The Balaban J connectivity index is 2.51. The summed E-state index contributed by atoms with van der Waals surface area (Å²) in [4.78, 5) is 11.5. The first-order chi connectivity index (χ1) is 7.86. The number of hydrogen-bond acceptors (Lipinski definition) is 3. The monoisotopic (exact) mass is 238 g/mol. The molecule has 0 spiro atoms. The Labute approximate surface area is 102 Å². The fourth-order valence-electron chi connectivity index (χ4n) is 1.64. The summed E-state index contributed by atoms with van der Waals surface area (Å²) in [6.07, 6.45) is 4.64. The van der Waals surface area contributed by atoms with Crippen molar-refractivity contribution in [2.75, 3.05) is 6.54 Å². The highest BCUT2D eigenvalue weighted by Gasteiger charge is 2.33. The van der Waals surface area contributed by atoms with Gasteiger partial charge in [-0.25, -0.2) is 0 Å². The third kappa shape index (κ3) is 3.30. The minimum absolute atomic E-state index is 0.161. The average molecular weight is 238 g/mol. The van der Waals surface area contributed by atoms with E-state index in [1.807, 2.05) is 40.2 Å². The molecule has 0 aliphatic rings. The lowest BCUT2D eigenvalue weighted by Gasteiger charge is -2.31.